The molecule has 1 aromatic carbocycles. The summed E-state index contributed by atoms with van der Waals surface area (Å²) in [5, 5.41) is 3.02. The molecule has 6 nitrogen and oxygen atoms in total. The number of aromatic nitrogens is 1. The van der Waals surface area contributed by atoms with Crippen molar-refractivity contribution in [2.24, 2.45) is 0 Å². The van der Waals surface area contributed by atoms with E-state index in [9.17, 15) is 0 Å². The summed E-state index contributed by atoms with van der Waals surface area (Å²) in [5.74, 6) is 2.18. The third-order valence-corrected chi connectivity index (χ3v) is 2.82. The van der Waals surface area contributed by atoms with Gasteiger partial charge in [-0.15, -0.1) is 0 Å². The Kier molecular flexibility index (Phi) is 4.47. The molecule has 1 heterocycles. The molecular formula is C14H18N2O4. The van der Waals surface area contributed by atoms with Crippen LogP contribution in [-0.2, 0) is 6.54 Å². The maximum absolute atomic E-state index is 5.47. The summed E-state index contributed by atoms with van der Waals surface area (Å²) in [4.78, 5) is 4.40. The Morgan fingerprint density at radius 2 is 1.75 bits per heavy atom. The van der Waals surface area contributed by atoms with Crippen molar-refractivity contribution in [2.75, 3.05) is 28.4 Å². The van der Waals surface area contributed by atoms with Gasteiger partial charge in [0.2, 0.25) is 11.6 Å². The maximum Gasteiger partial charge on any atom is 0.226 e. The van der Waals surface area contributed by atoms with E-state index >= 15 is 0 Å². The van der Waals surface area contributed by atoms with Crippen molar-refractivity contribution in [3.05, 3.63) is 24.1 Å². The average molecular weight is 278 g/mol. The van der Waals surface area contributed by atoms with Crippen LogP contribution < -0.4 is 19.5 Å². The van der Waals surface area contributed by atoms with Crippen molar-refractivity contribution in [3.63, 3.8) is 0 Å². The molecule has 0 aliphatic carbocycles. The Labute approximate surface area is 117 Å². The Balaban J connectivity index is 2.45. The van der Waals surface area contributed by atoms with Gasteiger partial charge >= 0.3 is 0 Å². The second-order valence-electron chi connectivity index (χ2n) is 4.09. The summed E-state index contributed by atoms with van der Waals surface area (Å²) in [5.41, 5.74) is 1.60. The lowest BCUT2D eigenvalue weighted by Gasteiger charge is -2.12. The maximum atomic E-state index is 5.47. The Morgan fingerprint density at radius 1 is 1.10 bits per heavy atom. The highest BCUT2D eigenvalue weighted by atomic mass is 16.5. The normalized spacial score (nSPS) is 10.4. The first kappa shape index (κ1) is 14.2. The third kappa shape index (κ3) is 2.70. The van der Waals surface area contributed by atoms with Crippen molar-refractivity contribution in [1.29, 1.82) is 0 Å². The minimum absolute atomic E-state index is 0.509. The fourth-order valence-electron chi connectivity index (χ4n) is 1.91. The van der Waals surface area contributed by atoms with E-state index in [-0.39, 0.29) is 0 Å². The van der Waals surface area contributed by atoms with Crippen LogP contribution in [-0.4, -0.2) is 33.4 Å². The highest BCUT2D eigenvalue weighted by molar-refractivity contribution is 5.65. The number of benzene rings is 1. The van der Waals surface area contributed by atoms with Crippen molar-refractivity contribution < 1.29 is 18.6 Å². The first-order valence-electron chi connectivity index (χ1n) is 6.12. The van der Waals surface area contributed by atoms with Crippen molar-refractivity contribution in [2.45, 2.75) is 6.54 Å². The molecule has 0 aliphatic rings. The quantitative estimate of drug-likeness (QED) is 0.872. The second-order valence-corrected chi connectivity index (χ2v) is 4.09. The number of methoxy groups -OCH3 is 3. The summed E-state index contributed by atoms with van der Waals surface area (Å²) in [6, 6.07) is 3.60. The van der Waals surface area contributed by atoms with Gasteiger partial charge in [0.25, 0.3) is 0 Å². The number of nitrogens with zero attached hydrogens (tertiary/aromatic N) is 1. The molecule has 0 spiro atoms. The fourth-order valence-corrected chi connectivity index (χ4v) is 1.91. The lowest BCUT2D eigenvalue weighted by molar-refractivity contribution is 0.324. The predicted molar refractivity (Wildman–Crippen MR) is 74.4 cm³/mol. The molecule has 1 N–H and O–H groups in total. The highest BCUT2D eigenvalue weighted by Crippen LogP contribution is 2.40. The topological polar surface area (TPSA) is 65.8 Å². The summed E-state index contributed by atoms with van der Waals surface area (Å²) in [7, 11) is 6.57. The third-order valence-electron chi connectivity index (χ3n) is 2.82. The average Bonchev–Trinajstić information content (AvgIpc) is 2.94. The molecule has 0 amide bonds. The van der Waals surface area contributed by atoms with Gasteiger partial charge in [-0.2, -0.15) is 0 Å². The van der Waals surface area contributed by atoms with Gasteiger partial charge in [0.15, 0.2) is 11.5 Å². The van der Waals surface area contributed by atoms with Gasteiger partial charge in [-0.25, -0.2) is 4.98 Å². The molecule has 108 valence electrons. The molecule has 2 rings (SSSR count). The lowest BCUT2D eigenvalue weighted by Crippen LogP contribution is -2.04. The molecule has 6 heteroatoms. The molecule has 0 bridgehead atoms. The van der Waals surface area contributed by atoms with E-state index in [2.05, 4.69) is 10.3 Å². The Morgan fingerprint density at radius 3 is 2.25 bits per heavy atom. The second kappa shape index (κ2) is 6.29. The van der Waals surface area contributed by atoms with Crippen LogP contribution in [0, 0.1) is 0 Å². The molecule has 0 atom stereocenters. The molecule has 0 unspecified atom stereocenters. The summed E-state index contributed by atoms with van der Waals surface area (Å²) in [6.07, 6.45) is 1.62. The number of hydrogen-bond donors (Lipinski definition) is 1. The fraction of sp³-hybridized carbons (Fsp3) is 0.357. The van der Waals surface area contributed by atoms with Crippen LogP contribution in [0.3, 0.4) is 0 Å². The van der Waals surface area contributed by atoms with Gasteiger partial charge in [-0.05, 0) is 19.2 Å². The Hall–Kier alpha value is -2.21. The van der Waals surface area contributed by atoms with Crippen LogP contribution in [0.25, 0.3) is 11.5 Å². The summed E-state index contributed by atoms with van der Waals surface area (Å²) >= 11 is 0. The zero-order valence-electron chi connectivity index (χ0n) is 12.0. The van der Waals surface area contributed by atoms with Crippen LogP contribution in [0.5, 0.6) is 17.2 Å². The predicted octanol–water partition coefficient (Wildman–Crippen LogP) is 2.09. The van der Waals surface area contributed by atoms with Gasteiger partial charge in [-0.1, -0.05) is 0 Å². The smallest absolute Gasteiger partial charge is 0.226 e. The number of nitrogens with one attached hydrogen (secondary N) is 1. The minimum atomic E-state index is 0.509. The highest BCUT2D eigenvalue weighted by Gasteiger charge is 2.16. The number of rotatable bonds is 6. The van der Waals surface area contributed by atoms with Crippen molar-refractivity contribution in [1.82, 2.24) is 10.3 Å². The molecular weight excluding hydrogens is 260 g/mol. The zero-order valence-corrected chi connectivity index (χ0v) is 12.0. The molecule has 20 heavy (non-hydrogen) atoms. The van der Waals surface area contributed by atoms with Crippen molar-refractivity contribution >= 4 is 0 Å². The first-order chi connectivity index (χ1) is 9.73. The molecule has 0 radical (unpaired) electrons. The van der Waals surface area contributed by atoms with E-state index in [0.717, 1.165) is 11.3 Å². The van der Waals surface area contributed by atoms with Crippen LogP contribution in [0.4, 0.5) is 0 Å². The van der Waals surface area contributed by atoms with Gasteiger partial charge in [0.1, 0.15) is 6.26 Å². The molecule has 0 saturated heterocycles. The van der Waals surface area contributed by atoms with Crippen LogP contribution in [0.15, 0.2) is 22.8 Å². The van der Waals surface area contributed by atoms with Gasteiger partial charge in [0.05, 0.1) is 27.0 Å². The van der Waals surface area contributed by atoms with Crippen molar-refractivity contribution in [3.8, 4) is 28.7 Å². The van der Waals surface area contributed by atoms with Gasteiger partial charge < -0.3 is 23.9 Å². The Bertz CT molecular complexity index is 555. The van der Waals surface area contributed by atoms with Crippen LogP contribution in [0.1, 0.15) is 5.69 Å². The molecule has 0 saturated carbocycles. The standard InChI is InChI=1S/C14H18N2O4/c1-15-7-10-8-20-14(16-10)9-5-11(17-2)13(19-4)12(6-9)18-3/h5-6,8,15H,7H2,1-4H3. The van der Waals surface area contributed by atoms with Gasteiger partial charge in [-0.3, -0.25) is 0 Å². The van der Waals surface area contributed by atoms with E-state index in [4.69, 9.17) is 18.6 Å². The molecule has 2 aromatic rings. The van der Waals surface area contributed by atoms with E-state index in [1.807, 2.05) is 7.05 Å². The zero-order chi connectivity index (χ0) is 14.5. The van der Waals surface area contributed by atoms with Gasteiger partial charge in [0, 0.05) is 12.1 Å². The lowest BCUT2D eigenvalue weighted by atomic mass is 10.2. The minimum Gasteiger partial charge on any atom is -0.493 e. The SMILES string of the molecule is CNCc1coc(-c2cc(OC)c(OC)c(OC)c2)n1. The van der Waals surface area contributed by atoms with Crippen LogP contribution in [0.2, 0.25) is 0 Å². The molecule has 1 aromatic heterocycles. The first-order valence-corrected chi connectivity index (χ1v) is 6.12. The monoisotopic (exact) mass is 278 g/mol. The van der Waals surface area contributed by atoms with E-state index in [1.165, 1.54) is 0 Å². The number of ether oxygens (including phenoxy) is 3. The van der Waals surface area contributed by atoms with E-state index in [1.54, 1.807) is 39.7 Å². The number of oxazole rings is 1. The molecule has 0 fully saturated rings. The van der Waals surface area contributed by atoms with E-state index in [0.29, 0.717) is 29.7 Å². The van der Waals surface area contributed by atoms with E-state index < -0.39 is 0 Å². The molecule has 0 aliphatic heterocycles. The number of hydrogen-bond acceptors (Lipinski definition) is 6. The summed E-state index contributed by atoms with van der Waals surface area (Å²) in [6.45, 7) is 0.647. The summed E-state index contributed by atoms with van der Waals surface area (Å²) < 4.78 is 21.4. The van der Waals surface area contributed by atoms with Crippen LogP contribution >= 0.6 is 0 Å². The largest absolute Gasteiger partial charge is 0.493 e.